The minimum atomic E-state index is -0.124. The number of carbonyl (C=O) groups excluding carboxylic acids is 1. The highest BCUT2D eigenvalue weighted by molar-refractivity contribution is 5.91. The van der Waals surface area contributed by atoms with Crippen molar-refractivity contribution in [2.45, 2.75) is 44.7 Å². The summed E-state index contributed by atoms with van der Waals surface area (Å²) in [4.78, 5) is 11.8. The van der Waals surface area contributed by atoms with Gasteiger partial charge in [0, 0.05) is 12.6 Å². The lowest BCUT2D eigenvalue weighted by molar-refractivity contribution is -0.116. The predicted octanol–water partition coefficient (Wildman–Crippen LogP) is 3.11. The third kappa shape index (κ3) is 4.52. The zero-order valence-electron chi connectivity index (χ0n) is 13.2. The highest BCUT2D eigenvalue weighted by Crippen LogP contribution is 2.27. The van der Waals surface area contributed by atoms with Crippen LogP contribution >= 0.6 is 0 Å². The van der Waals surface area contributed by atoms with Gasteiger partial charge < -0.3 is 5.32 Å². The van der Waals surface area contributed by atoms with Crippen LogP contribution in [0.1, 0.15) is 49.4 Å². The molecule has 0 radical (unpaired) electrons. The van der Waals surface area contributed by atoms with Gasteiger partial charge in [0.15, 0.2) is 0 Å². The Labute approximate surface area is 136 Å². The average Bonchev–Trinajstić information content (AvgIpc) is 3.09. The molecular weight excluding hydrogens is 288 g/mol. The van der Waals surface area contributed by atoms with E-state index in [1.807, 2.05) is 41.2 Å². The van der Waals surface area contributed by atoms with Crippen molar-refractivity contribution in [3.8, 4) is 0 Å². The molecule has 120 valence electrons. The Morgan fingerprint density at radius 2 is 2.00 bits per heavy atom. The molecule has 1 fully saturated rings. The van der Waals surface area contributed by atoms with Gasteiger partial charge in [-0.15, -0.1) is 5.10 Å². The maximum absolute atomic E-state index is 11.8. The van der Waals surface area contributed by atoms with Crippen molar-refractivity contribution < 1.29 is 4.79 Å². The largest absolute Gasteiger partial charge is 0.348 e. The summed E-state index contributed by atoms with van der Waals surface area (Å²) in [6, 6.07) is 10.3. The number of aromatic nitrogens is 3. The van der Waals surface area contributed by atoms with E-state index in [1.54, 1.807) is 6.08 Å². The molecule has 1 N–H and O–H groups in total. The van der Waals surface area contributed by atoms with Crippen LogP contribution in [0.15, 0.2) is 42.6 Å². The molecule has 1 heterocycles. The van der Waals surface area contributed by atoms with Crippen LogP contribution in [0, 0.1) is 0 Å². The smallest absolute Gasteiger partial charge is 0.244 e. The Morgan fingerprint density at radius 1 is 1.22 bits per heavy atom. The number of rotatable bonds is 5. The van der Waals surface area contributed by atoms with E-state index in [0.29, 0.717) is 12.6 Å². The normalized spacial score (nSPS) is 15.8. The Bertz CT molecular complexity index is 657. The van der Waals surface area contributed by atoms with Gasteiger partial charge in [0.1, 0.15) is 5.69 Å². The number of nitrogens with one attached hydrogen (secondary N) is 1. The molecule has 1 aromatic heterocycles. The minimum absolute atomic E-state index is 0.124. The van der Waals surface area contributed by atoms with Gasteiger partial charge in [-0.3, -0.25) is 4.79 Å². The minimum Gasteiger partial charge on any atom is -0.348 e. The van der Waals surface area contributed by atoms with E-state index >= 15 is 0 Å². The van der Waals surface area contributed by atoms with E-state index in [-0.39, 0.29) is 5.91 Å². The molecular formula is C18H22N4O. The third-order valence-corrected chi connectivity index (χ3v) is 4.19. The molecule has 2 aromatic rings. The van der Waals surface area contributed by atoms with Crippen LogP contribution in [0.2, 0.25) is 0 Å². The topological polar surface area (TPSA) is 59.8 Å². The van der Waals surface area contributed by atoms with Gasteiger partial charge in [0.05, 0.1) is 12.2 Å². The molecule has 0 aliphatic heterocycles. The third-order valence-electron chi connectivity index (χ3n) is 4.19. The molecule has 23 heavy (non-hydrogen) atoms. The summed E-state index contributed by atoms with van der Waals surface area (Å²) in [5, 5.41) is 11.2. The molecule has 0 bridgehead atoms. The van der Waals surface area contributed by atoms with Gasteiger partial charge in [-0.05, 0) is 24.5 Å². The number of hydrogen-bond donors (Lipinski definition) is 1. The molecule has 1 aliphatic carbocycles. The second-order valence-corrected chi connectivity index (χ2v) is 5.95. The lowest BCUT2D eigenvalue weighted by atomic mass is 9.96. The van der Waals surface area contributed by atoms with Gasteiger partial charge in [-0.25, -0.2) is 4.68 Å². The van der Waals surface area contributed by atoms with Crippen LogP contribution in [-0.4, -0.2) is 20.9 Å². The number of carbonyl (C=O) groups is 1. The first kappa shape index (κ1) is 15.5. The fourth-order valence-electron chi connectivity index (χ4n) is 2.90. The van der Waals surface area contributed by atoms with Gasteiger partial charge in [0.2, 0.25) is 5.91 Å². The Kier molecular flexibility index (Phi) is 5.19. The number of hydrogen-bond acceptors (Lipinski definition) is 3. The SMILES string of the molecule is O=C(/C=C\c1cn(C2CCCCC2)nn1)NCc1ccccc1. The fraction of sp³-hybridized carbons (Fsp3) is 0.389. The zero-order chi connectivity index (χ0) is 15.9. The van der Waals surface area contributed by atoms with Gasteiger partial charge >= 0.3 is 0 Å². The summed E-state index contributed by atoms with van der Waals surface area (Å²) in [5.74, 6) is -0.124. The number of amides is 1. The van der Waals surface area contributed by atoms with E-state index in [2.05, 4.69) is 15.6 Å². The maximum Gasteiger partial charge on any atom is 0.244 e. The van der Waals surface area contributed by atoms with Crippen LogP contribution in [0.5, 0.6) is 0 Å². The molecule has 0 saturated heterocycles. The molecule has 0 spiro atoms. The summed E-state index contributed by atoms with van der Waals surface area (Å²) in [5.41, 5.74) is 1.81. The Hall–Kier alpha value is -2.43. The molecule has 5 heteroatoms. The van der Waals surface area contributed by atoms with E-state index in [1.165, 1.54) is 38.2 Å². The van der Waals surface area contributed by atoms with Crippen LogP contribution in [0.25, 0.3) is 6.08 Å². The number of benzene rings is 1. The van der Waals surface area contributed by atoms with Crippen molar-refractivity contribution in [2.75, 3.05) is 0 Å². The average molecular weight is 310 g/mol. The monoisotopic (exact) mass is 310 g/mol. The van der Waals surface area contributed by atoms with Crippen molar-refractivity contribution in [3.63, 3.8) is 0 Å². The van der Waals surface area contributed by atoms with E-state index in [4.69, 9.17) is 0 Å². The zero-order valence-corrected chi connectivity index (χ0v) is 13.2. The molecule has 1 saturated carbocycles. The summed E-state index contributed by atoms with van der Waals surface area (Å²) in [6.45, 7) is 0.527. The van der Waals surface area contributed by atoms with Crippen LogP contribution < -0.4 is 5.32 Å². The van der Waals surface area contributed by atoms with Crippen molar-refractivity contribution in [3.05, 3.63) is 53.9 Å². The standard InChI is InChI=1S/C18H22N4O/c23-18(19-13-15-7-3-1-4-8-15)12-11-16-14-22(21-20-16)17-9-5-2-6-10-17/h1,3-4,7-8,11-12,14,17H,2,5-6,9-10,13H2,(H,19,23)/b12-11-. The lowest BCUT2D eigenvalue weighted by Gasteiger charge is -2.20. The Balaban J connectivity index is 1.51. The summed E-state index contributed by atoms with van der Waals surface area (Å²) in [6.07, 6.45) is 11.3. The molecule has 3 rings (SSSR count). The maximum atomic E-state index is 11.8. The first-order chi connectivity index (χ1) is 11.3. The fourth-order valence-corrected chi connectivity index (χ4v) is 2.90. The van der Waals surface area contributed by atoms with Crippen LogP contribution in [0.4, 0.5) is 0 Å². The predicted molar refractivity (Wildman–Crippen MR) is 89.5 cm³/mol. The van der Waals surface area contributed by atoms with Crippen LogP contribution in [0.3, 0.4) is 0 Å². The van der Waals surface area contributed by atoms with Gasteiger partial charge in [-0.1, -0.05) is 54.8 Å². The van der Waals surface area contributed by atoms with Crippen molar-refractivity contribution in [1.82, 2.24) is 20.3 Å². The van der Waals surface area contributed by atoms with Gasteiger partial charge in [-0.2, -0.15) is 0 Å². The lowest BCUT2D eigenvalue weighted by Crippen LogP contribution is -2.20. The summed E-state index contributed by atoms with van der Waals surface area (Å²) in [7, 11) is 0. The second kappa shape index (κ2) is 7.72. The molecule has 0 atom stereocenters. The first-order valence-electron chi connectivity index (χ1n) is 8.23. The highest BCUT2D eigenvalue weighted by atomic mass is 16.1. The highest BCUT2D eigenvalue weighted by Gasteiger charge is 2.16. The van der Waals surface area contributed by atoms with E-state index in [9.17, 15) is 4.79 Å². The van der Waals surface area contributed by atoms with E-state index < -0.39 is 0 Å². The Morgan fingerprint density at radius 3 is 2.78 bits per heavy atom. The van der Waals surface area contributed by atoms with Gasteiger partial charge in [0.25, 0.3) is 0 Å². The quantitative estimate of drug-likeness (QED) is 0.863. The molecule has 0 unspecified atom stereocenters. The number of nitrogens with zero attached hydrogens (tertiary/aromatic N) is 3. The first-order valence-corrected chi connectivity index (χ1v) is 8.23. The van der Waals surface area contributed by atoms with Crippen molar-refractivity contribution >= 4 is 12.0 Å². The molecule has 1 amide bonds. The van der Waals surface area contributed by atoms with Crippen LogP contribution in [-0.2, 0) is 11.3 Å². The van der Waals surface area contributed by atoms with Crippen molar-refractivity contribution in [1.29, 1.82) is 0 Å². The van der Waals surface area contributed by atoms with E-state index in [0.717, 1.165) is 11.3 Å². The summed E-state index contributed by atoms with van der Waals surface area (Å²) < 4.78 is 1.95. The summed E-state index contributed by atoms with van der Waals surface area (Å²) >= 11 is 0. The molecule has 1 aliphatic rings. The second-order valence-electron chi connectivity index (χ2n) is 5.95. The molecule has 1 aromatic carbocycles. The van der Waals surface area contributed by atoms with Crippen molar-refractivity contribution in [2.24, 2.45) is 0 Å². The molecule has 5 nitrogen and oxygen atoms in total.